The molecule has 0 saturated heterocycles. The lowest BCUT2D eigenvalue weighted by atomic mass is 10.8. The van der Waals surface area contributed by atoms with Crippen LogP contribution in [0.3, 0.4) is 0 Å². The van der Waals surface area contributed by atoms with Crippen molar-refractivity contribution in [2.45, 2.75) is 0 Å². The quantitative estimate of drug-likeness (QED) is 0.487. The summed E-state index contributed by atoms with van der Waals surface area (Å²) in [6, 6.07) is 0. The molecule has 0 amide bonds. The van der Waals surface area contributed by atoms with E-state index in [1.165, 1.54) is 0 Å². The molecule has 0 radical (unpaired) electrons. The first-order chi connectivity index (χ1) is 4.79. The number of hydrogen-bond acceptors (Lipinski definition) is 4. The zero-order valence-electron chi connectivity index (χ0n) is 4.74. The van der Waals surface area contributed by atoms with Crippen molar-refractivity contribution >= 4 is 11.4 Å². The molecule has 2 heterocycles. The monoisotopic (exact) mass is 141 g/mol. The van der Waals surface area contributed by atoms with Crippen LogP contribution in [0.25, 0.3) is 11.4 Å². The van der Waals surface area contributed by atoms with Gasteiger partial charge < -0.3 is 9.62 Å². The first-order valence-electron chi connectivity index (χ1n) is 2.52. The van der Waals surface area contributed by atoms with Crippen LogP contribution in [0.5, 0.6) is 0 Å². The number of H-pyrrole nitrogens is 1. The summed E-state index contributed by atoms with van der Waals surface area (Å²) in [4.78, 5) is 16.4. The van der Waals surface area contributed by atoms with Crippen molar-refractivity contribution in [3.8, 4) is 0 Å². The molecule has 2 aromatic rings. The van der Waals surface area contributed by atoms with Crippen molar-refractivity contribution in [1.29, 1.82) is 0 Å². The Labute approximate surface area is 53.7 Å². The van der Waals surface area contributed by atoms with Crippen LogP contribution in [0.2, 0.25) is 0 Å². The second-order valence-electron chi connectivity index (χ2n) is 1.75. The molecule has 0 spiro atoms. The van der Waals surface area contributed by atoms with E-state index in [4.69, 9.17) is 5.21 Å². The summed E-state index contributed by atoms with van der Waals surface area (Å²) >= 11 is 0. The van der Waals surface area contributed by atoms with Crippen molar-refractivity contribution in [3.63, 3.8) is 0 Å². The standard InChI is InChI=1S/C4H3N3O3/c8-4-6-2-3(7(4)9)10-1-5-2/h1,9H,(H,6,8). The van der Waals surface area contributed by atoms with Gasteiger partial charge in [-0.15, -0.1) is 0 Å². The second-order valence-corrected chi connectivity index (χ2v) is 1.75. The Morgan fingerprint density at radius 1 is 1.80 bits per heavy atom. The van der Waals surface area contributed by atoms with E-state index >= 15 is 0 Å². The molecule has 0 bridgehead atoms. The van der Waals surface area contributed by atoms with Crippen molar-refractivity contribution in [2.24, 2.45) is 0 Å². The fourth-order valence-electron chi connectivity index (χ4n) is 0.722. The van der Waals surface area contributed by atoms with Crippen LogP contribution in [0.4, 0.5) is 0 Å². The van der Waals surface area contributed by atoms with E-state index in [1.807, 2.05) is 0 Å². The molecule has 2 N–H and O–H groups in total. The van der Waals surface area contributed by atoms with Gasteiger partial charge in [0.15, 0.2) is 6.39 Å². The summed E-state index contributed by atoms with van der Waals surface area (Å²) in [6.07, 6.45) is 1.13. The van der Waals surface area contributed by atoms with Crippen LogP contribution in [-0.2, 0) is 0 Å². The average Bonchev–Trinajstić information content (AvgIpc) is 2.41. The fraction of sp³-hybridized carbons (Fsp3) is 0. The number of aromatic nitrogens is 3. The molecule has 0 aromatic carbocycles. The number of nitrogens with zero attached hydrogens (tertiary/aromatic N) is 2. The zero-order chi connectivity index (χ0) is 7.14. The minimum absolute atomic E-state index is 0.0324. The predicted octanol–water partition coefficient (Wildman–Crippen LogP) is -0.445. The van der Waals surface area contributed by atoms with Gasteiger partial charge in [0.25, 0.3) is 5.71 Å². The van der Waals surface area contributed by atoms with Gasteiger partial charge in [-0.3, -0.25) is 4.98 Å². The molecule has 2 aromatic heterocycles. The van der Waals surface area contributed by atoms with E-state index in [0.29, 0.717) is 4.73 Å². The van der Waals surface area contributed by atoms with Gasteiger partial charge >= 0.3 is 5.69 Å². The van der Waals surface area contributed by atoms with E-state index in [9.17, 15) is 4.79 Å². The number of fused-ring (bicyclic) bond motifs is 1. The fourth-order valence-corrected chi connectivity index (χ4v) is 0.722. The first kappa shape index (κ1) is 5.10. The van der Waals surface area contributed by atoms with Crippen LogP contribution < -0.4 is 5.69 Å². The van der Waals surface area contributed by atoms with Gasteiger partial charge in [0.1, 0.15) is 0 Å². The number of rotatable bonds is 0. The van der Waals surface area contributed by atoms with Crippen LogP contribution >= 0.6 is 0 Å². The maximum atomic E-state index is 10.6. The molecule has 0 fully saturated rings. The smallest absolute Gasteiger partial charge is 0.363 e. The largest absolute Gasteiger partial charge is 0.423 e. The first-order valence-corrected chi connectivity index (χ1v) is 2.52. The summed E-state index contributed by atoms with van der Waals surface area (Å²) in [5.74, 6) is 0. The lowest BCUT2D eigenvalue weighted by molar-refractivity contribution is 0.176. The molecule has 6 nitrogen and oxygen atoms in total. The van der Waals surface area contributed by atoms with Crippen molar-refractivity contribution in [3.05, 3.63) is 16.9 Å². The molecule has 0 atom stereocenters. The van der Waals surface area contributed by atoms with Gasteiger partial charge in [0.05, 0.1) is 0 Å². The Morgan fingerprint density at radius 2 is 2.60 bits per heavy atom. The van der Waals surface area contributed by atoms with E-state index in [2.05, 4.69) is 14.4 Å². The van der Waals surface area contributed by atoms with Gasteiger partial charge in [0, 0.05) is 0 Å². The summed E-state index contributed by atoms with van der Waals surface area (Å²) in [5.41, 5.74) is -0.376. The van der Waals surface area contributed by atoms with Crippen LogP contribution in [0.15, 0.2) is 15.6 Å². The van der Waals surface area contributed by atoms with E-state index in [1.54, 1.807) is 0 Å². The Bertz CT molecular complexity index is 408. The normalized spacial score (nSPS) is 10.8. The Hall–Kier alpha value is -1.72. The van der Waals surface area contributed by atoms with Gasteiger partial charge in [-0.25, -0.2) is 4.79 Å². The van der Waals surface area contributed by atoms with E-state index < -0.39 is 5.69 Å². The Kier molecular flexibility index (Phi) is 0.717. The molecule has 0 aliphatic heterocycles. The topological polar surface area (TPSA) is 84.0 Å². The second kappa shape index (κ2) is 1.41. The molecule has 52 valence electrons. The Balaban J connectivity index is 3.09. The van der Waals surface area contributed by atoms with Crippen molar-refractivity contribution < 1.29 is 9.62 Å². The van der Waals surface area contributed by atoms with E-state index in [-0.39, 0.29) is 11.4 Å². The third-order valence-electron chi connectivity index (χ3n) is 1.16. The number of oxazole rings is 1. The predicted molar refractivity (Wildman–Crippen MR) is 29.8 cm³/mol. The molecule has 0 saturated carbocycles. The third kappa shape index (κ3) is 0.426. The zero-order valence-corrected chi connectivity index (χ0v) is 4.74. The molecule has 10 heavy (non-hydrogen) atoms. The average molecular weight is 141 g/mol. The third-order valence-corrected chi connectivity index (χ3v) is 1.16. The minimum atomic E-state index is -0.651. The Morgan fingerprint density at radius 3 is 3.30 bits per heavy atom. The van der Waals surface area contributed by atoms with Crippen LogP contribution in [-0.4, -0.2) is 19.9 Å². The van der Waals surface area contributed by atoms with Crippen LogP contribution in [0, 0.1) is 0 Å². The highest BCUT2D eigenvalue weighted by Crippen LogP contribution is 2.03. The summed E-state index contributed by atoms with van der Waals surface area (Å²) < 4.78 is 5.00. The SMILES string of the molecule is O=c1[nH]c2ncoc2n1O. The summed E-state index contributed by atoms with van der Waals surface area (Å²) in [6.45, 7) is 0. The highest BCUT2D eigenvalue weighted by molar-refractivity contribution is 5.61. The molecular formula is C4H3N3O3. The van der Waals surface area contributed by atoms with Gasteiger partial charge in [-0.05, 0) is 0 Å². The van der Waals surface area contributed by atoms with Gasteiger partial charge in [-0.2, -0.15) is 4.98 Å². The number of nitrogens with one attached hydrogen (secondary N) is 1. The molecule has 2 rings (SSSR count). The maximum absolute atomic E-state index is 10.6. The number of imidazole rings is 1. The van der Waals surface area contributed by atoms with Crippen molar-refractivity contribution in [2.75, 3.05) is 0 Å². The number of hydrogen-bond donors (Lipinski definition) is 2. The molecule has 0 aliphatic rings. The molecule has 0 unspecified atom stereocenters. The highest BCUT2D eigenvalue weighted by atomic mass is 16.5. The molecule has 0 aliphatic carbocycles. The lowest BCUT2D eigenvalue weighted by Crippen LogP contribution is -2.13. The van der Waals surface area contributed by atoms with Crippen LogP contribution in [0.1, 0.15) is 0 Å². The van der Waals surface area contributed by atoms with E-state index in [0.717, 1.165) is 6.39 Å². The molecule has 6 heteroatoms. The maximum Gasteiger partial charge on any atom is 0.363 e. The summed E-state index contributed by atoms with van der Waals surface area (Å²) in [7, 11) is 0. The highest BCUT2D eigenvalue weighted by Gasteiger charge is 2.07. The summed E-state index contributed by atoms with van der Waals surface area (Å²) in [5, 5.41) is 8.83. The molecular weight excluding hydrogens is 138 g/mol. The lowest BCUT2D eigenvalue weighted by Gasteiger charge is -1.80. The van der Waals surface area contributed by atoms with Crippen molar-refractivity contribution in [1.82, 2.24) is 14.7 Å². The van der Waals surface area contributed by atoms with Gasteiger partial charge in [-0.1, -0.05) is 4.73 Å². The minimum Gasteiger partial charge on any atom is -0.423 e. The van der Waals surface area contributed by atoms with Gasteiger partial charge in [0.2, 0.25) is 5.65 Å². The number of aromatic amines is 1.